The van der Waals surface area contributed by atoms with Crippen molar-refractivity contribution in [3.63, 3.8) is 0 Å². The number of hydrogen-bond donors (Lipinski definition) is 1. The first-order valence-corrected chi connectivity index (χ1v) is 8.40. The van der Waals surface area contributed by atoms with Crippen LogP contribution in [0.2, 0.25) is 0 Å². The van der Waals surface area contributed by atoms with Crippen molar-refractivity contribution < 1.29 is 0 Å². The Balaban J connectivity index is 2.08. The highest BCUT2D eigenvalue weighted by atomic mass is 79.9. The summed E-state index contributed by atoms with van der Waals surface area (Å²) in [5.74, 6) is 0. The summed E-state index contributed by atoms with van der Waals surface area (Å²) in [5.41, 5.74) is 9.09. The largest absolute Gasteiger partial charge is 0.330 e. The summed E-state index contributed by atoms with van der Waals surface area (Å²) in [7, 11) is 0. The van der Waals surface area contributed by atoms with Gasteiger partial charge in [-0.3, -0.25) is 0 Å². The van der Waals surface area contributed by atoms with Crippen molar-refractivity contribution in [1.82, 2.24) is 4.98 Å². The van der Waals surface area contributed by atoms with Crippen LogP contribution >= 0.6 is 27.3 Å². The minimum Gasteiger partial charge on any atom is -0.330 e. The fraction of sp³-hybridized carbons (Fsp3) is 0.118. The van der Waals surface area contributed by atoms with Crippen LogP contribution in [0.3, 0.4) is 0 Å². The van der Waals surface area contributed by atoms with E-state index in [1.54, 1.807) is 11.3 Å². The Morgan fingerprint density at radius 3 is 2.48 bits per heavy atom. The monoisotopic (exact) mass is 358 g/mol. The van der Waals surface area contributed by atoms with Gasteiger partial charge >= 0.3 is 0 Å². The van der Waals surface area contributed by atoms with Crippen LogP contribution in [0.5, 0.6) is 0 Å². The van der Waals surface area contributed by atoms with Crippen molar-refractivity contribution in [2.45, 2.75) is 6.42 Å². The Kier molecular flexibility index (Phi) is 4.48. The van der Waals surface area contributed by atoms with E-state index in [0.717, 1.165) is 32.7 Å². The fourth-order valence-electron chi connectivity index (χ4n) is 2.22. The lowest BCUT2D eigenvalue weighted by atomic mass is 10.1. The van der Waals surface area contributed by atoms with Gasteiger partial charge < -0.3 is 5.73 Å². The maximum atomic E-state index is 5.75. The van der Waals surface area contributed by atoms with Gasteiger partial charge in [0, 0.05) is 20.5 Å². The molecule has 106 valence electrons. The average molecular weight is 359 g/mol. The quantitative estimate of drug-likeness (QED) is 0.731. The molecule has 2 nitrogen and oxygen atoms in total. The van der Waals surface area contributed by atoms with Gasteiger partial charge in [0.1, 0.15) is 5.01 Å². The second kappa shape index (κ2) is 6.52. The maximum absolute atomic E-state index is 5.75. The average Bonchev–Trinajstić information content (AvgIpc) is 2.93. The molecule has 0 fully saturated rings. The lowest BCUT2D eigenvalue weighted by Crippen LogP contribution is -2.02. The van der Waals surface area contributed by atoms with Crippen molar-refractivity contribution in [3.05, 3.63) is 63.9 Å². The van der Waals surface area contributed by atoms with Crippen LogP contribution in [0.25, 0.3) is 21.8 Å². The number of halogens is 1. The summed E-state index contributed by atoms with van der Waals surface area (Å²) >= 11 is 5.25. The van der Waals surface area contributed by atoms with E-state index < -0.39 is 0 Å². The molecular weight excluding hydrogens is 344 g/mol. The van der Waals surface area contributed by atoms with Crippen molar-refractivity contribution in [2.75, 3.05) is 6.54 Å². The minimum atomic E-state index is 0.639. The molecule has 0 unspecified atom stereocenters. The van der Waals surface area contributed by atoms with Gasteiger partial charge in [0.15, 0.2) is 0 Å². The molecule has 4 heteroatoms. The van der Waals surface area contributed by atoms with E-state index >= 15 is 0 Å². The molecule has 2 N–H and O–H groups in total. The van der Waals surface area contributed by atoms with E-state index in [-0.39, 0.29) is 0 Å². The highest BCUT2D eigenvalue weighted by Crippen LogP contribution is 2.34. The fourth-order valence-corrected chi connectivity index (χ4v) is 3.71. The Bertz CT molecular complexity index is 738. The number of aromatic nitrogens is 1. The van der Waals surface area contributed by atoms with Crippen LogP contribution in [0.4, 0.5) is 0 Å². The molecule has 0 radical (unpaired) electrons. The van der Waals surface area contributed by atoms with Crippen LogP contribution in [-0.4, -0.2) is 11.5 Å². The molecule has 0 atom stereocenters. The zero-order valence-electron chi connectivity index (χ0n) is 11.4. The third kappa shape index (κ3) is 3.23. The van der Waals surface area contributed by atoms with Gasteiger partial charge in [0.2, 0.25) is 0 Å². The normalized spacial score (nSPS) is 10.8. The molecule has 0 aliphatic rings. The molecule has 1 heterocycles. The van der Waals surface area contributed by atoms with Gasteiger partial charge in [-0.1, -0.05) is 58.4 Å². The number of benzene rings is 2. The van der Waals surface area contributed by atoms with Gasteiger partial charge in [0.05, 0.1) is 5.69 Å². The second-order valence-electron chi connectivity index (χ2n) is 4.71. The summed E-state index contributed by atoms with van der Waals surface area (Å²) in [5, 5.41) is 1.04. The molecule has 0 aliphatic carbocycles. The Hall–Kier alpha value is -1.49. The number of thiazole rings is 1. The van der Waals surface area contributed by atoms with Gasteiger partial charge in [-0.15, -0.1) is 11.3 Å². The van der Waals surface area contributed by atoms with E-state index in [4.69, 9.17) is 10.7 Å². The first kappa shape index (κ1) is 14.4. The number of nitrogens with zero attached hydrogens (tertiary/aromatic N) is 1. The van der Waals surface area contributed by atoms with Gasteiger partial charge in [0.25, 0.3) is 0 Å². The second-order valence-corrected chi connectivity index (χ2v) is 6.71. The number of rotatable bonds is 4. The zero-order chi connectivity index (χ0) is 14.7. The highest BCUT2D eigenvalue weighted by molar-refractivity contribution is 9.10. The zero-order valence-corrected chi connectivity index (χ0v) is 13.8. The van der Waals surface area contributed by atoms with Crippen LogP contribution < -0.4 is 5.73 Å². The Morgan fingerprint density at radius 2 is 1.76 bits per heavy atom. The van der Waals surface area contributed by atoms with Crippen LogP contribution in [0.1, 0.15) is 4.88 Å². The van der Waals surface area contributed by atoms with Crippen LogP contribution in [-0.2, 0) is 6.42 Å². The molecule has 2 aromatic carbocycles. The minimum absolute atomic E-state index is 0.639. The molecule has 3 aromatic rings. The standard InChI is InChI=1S/C17H15BrN2S/c18-14-8-4-7-13(11-14)17-20-16(15(21-17)9-10-19)12-5-2-1-3-6-12/h1-8,11H,9-10,19H2. The number of nitrogens with two attached hydrogens (primary N) is 1. The van der Waals surface area contributed by atoms with E-state index in [1.165, 1.54) is 4.88 Å². The molecular formula is C17H15BrN2S. The van der Waals surface area contributed by atoms with Crippen LogP contribution in [0.15, 0.2) is 59.1 Å². The van der Waals surface area contributed by atoms with Crippen molar-refractivity contribution >= 4 is 27.3 Å². The molecule has 1 aromatic heterocycles. The third-order valence-corrected chi connectivity index (χ3v) is 4.84. The molecule has 0 amide bonds. The summed E-state index contributed by atoms with van der Waals surface area (Å²) in [6, 6.07) is 18.5. The first-order valence-electron chi connectivity index (χ1n) is 6.79. The molecule has 0 saturated heterocycles. The van der Waals surface area contributed by atoms with Crippen molar-refractivity contribution in [2.24, 2.45) is 5.73 Å². The van der Waals surface area contributed by atoms with Crippen molar-refractivity contribution in [1.29, 1.82) is 0 Å². The van der Waals surface area contributed by atoms with E-state index in [2.05, 4.69) is 40.2 Å². The van der Waals surface area contributed by atoms with Crippen LogP contribution in [0, 0.1) is 0 Å². The van der Waals surface area contributed by atoms with Gasteiger partial charge in [-0.2, -0.15) is 0 Å². The highest BCUT2D eigenvalue weighted by Gasteiger charge is 2.13. The third-order valence-electron chi connectivity index (χ3n) is 3.19. The van der Waals surface area contributed by atoms with E-state index in [9.17, 15) is 0 Å². The molecule has 0 spiro atoms. The molecule has 0 saturated carbocycles. The van der Waals surface area contributed by atoms with E-state index in [0.29, 0.717) is 6.54 Å². The lowest BCUT2D eigenvalue weighted by Gasteiger charge is -2.00. The molecule has 0 aliphatic heterocycles. The van der Waals surface area contributed by atoms with Crippen molar-refractivity contribution in [3.8, 4) is 21.8 Å². The lowest BCUT2D eigenvalue weighted by molar-refractivity contribution is 0.986. The maximum Gasteiger partial charge on any atom is 0.124 e. The molecule has 0 bridgehead atoms. The summed E-state index contributed by atoms with van der Waals surface area (Å²) in [4.78, 5) is 6.10. The molecule has 21 heavy (non-hydrogen) atoms. The van der Waals surface area contributed by atoms with E-state index in [1.807, 2.05) is 30.3 Å². The summed E-state index contributed by atoms with van der Waals surface area (Å²) in [6.07, 6.45) is 0.857. The smallest absolute Gasteiger partial charge is 0.124 e. The van der Waals surface area contributed by atoms with Gasteiger partial charge in [-0.05, 0) is 25.1 Å². The number of hydrogen-bond acceptors (Lipinski definition) is 3. The SMILES string of the molecule is NCCc1sc(-c2cccc(Br)c2)nc1-c1ccccc1. The predicted molar refractivity (Wildman–Crippen MR) is 93.4 cm³/mol. The topological polar surface area (TPSA) is 38.9 Å². The Morgan fingerprint density at radius 1 is 1.00 bits per heavy atom. The predicted octanol–water partition coefficient (Wildman–Crippen LogP) is 4.74. The molecule has 3 rings (SSSR count). The Labute approximate surface area is 136 Å². The van der Waals surface area contributed by atoms with Gasteiger partial charge in [-0.25, -0.2) is 4.98 Å². The summed E-state index contributed by atoms with van der Waals surface area (Å²) in [6.45, 7) is 0.639. The first-order chi connectivity index (χ1) is 10.3. The summed E-state index contributed by atoms with van der Waals surface area (Å²) < 4.78 is 1.07.